The van der Waals surface area contributed by atoms with Crippen LogP contribution in [0.3, 0.4) is 0 Å². The zero-order valence-corrected chi connectivity index (χ0v) is 5.86. The Hall–Kier alpha value is -0.160. The van der Waals surface area contributed by atoms with Crippen LogP contribution in [0.15, 0.2) is 0 Å². The van der Waals surface area contributed by atoms with Crippen LogP contribution in [0.2, 0.25) is 0 Å². The molecule has 0 radical (unpaired) electrons. The fourth-order valence-corrected chi connectivity index (χ4v) is 0.933. The predicted molar refractivity (Wildman–Crippen MR) is 33.1 cm³/mol. The van der Waals surface area contributed by atoms with Crippen LogP contribution in [0, 0.1) is 0 Å². The van der Waals surface area contributed by atoms with Gasteiger partial charge in [0.05, 0.1) is 0 Å². The van der Waals surface area contributed by atoms with E-state index in [1.54, 1.807) is 6.92 Å². The SMILES string of the molecule is CCOC1OC(O)CC1O. The quantitative estimate of drug-likeness (QED) is 0.551. The first-order valence-electron chi connectivity index (χ1n) is 3.37. The molecule has 3 unspecified atom stereocenters. The summed E-state index contributed by atoms with van der Waals surface area (Å²) in [4.78, 5) is 0. The van der Waals surface area contributed by atoms with E-state index in [4.69, 9.17) is 19.7 Å². The molecular weight excluding hydrogens is 136 g/mol. The van der Waals surface area contributed by atoms with Crippen molar-refractivity contribution in [1.82, 2.24) is 0 Å². The summed E-state index contributed by atoms with van der Waals surface area (Å²) >= 11 is 0. The Kier molecular flexibility index (Phi) is 2.62. The number of ether oxygens (including phenoxy) is 2. The lowest BCUT2D eigenvalue weighted by molar-refractivity contribution is -0.200. The molecule has 4 heteroatoms. The Morgan fingerprint density at radius 3 is 2.70 bits per heavy atom. The highest BCUT2D eigenvalue weighted by Crippen LogP contribution is 2.18. The summed E-state index contributed by atoms with van der Waals surface area (Å²) in [5.74, 6) is 0. The number of rotatable bonds is 2. The first-order chi connectivity index (χ1) is 4.74. The van der Waals surface area contributed by atoms with Crippen LogP contribution in [-0.4, -0.2) is 35.5 Å². The summed E-state index contributed by atoms with van der Waals surface area (Å²) in [5, 5.41) is 17.9. The van der Waals surface area contributed by atoms with Crippen molar-refractivity contribution >= 4 is 0 Å². The van der Waals surface area contributed by atoms with Gasteiger partial charge in [-0.05, 0) is 6.92 Å². The molecule has 60 valence electrons. The molecule has 0 aromatic rings. The van der Waals surface area contributed by atoms with Gasteiger partial charge in [0.2, 0.25) is 0 Å². The predicted octanol–water partition coefficient (Wildman–Crippen LogP) is -0.551. The summed E-state index contributed by atoms with van der Waals surface area (Å²) in [6, 6.07) is 0. The second-order valence-corrected chi connectivity index (χ2v) is 2.22. The van der Waals surface area contributed by atoms with Crippen LogP contribution in [-0.2, 0) is 9.47 Å². The lowest BCUT2D eigenvalue weighted by Gasteiger charge is -2.12. The van der Waals surface area contributed by atoms with Gasteiger partial charge >= 0.3 is 0 Å². The molecule has 1 rings (SSSR count). The fourth-order valence-electron chi connectivity index (χ4n) is 0.933. The maximum atomic E-state index is 9.08. The lowest BCUT2D eigenvalue weighted by atomic mass is 10.3. The molecule has 3 atom stereocenters. The van der Waals surface area contributed by atoms with E-state index in [9.17, 15) is 0 Å². The van der Waals surface area contributed by atoms with E-state index in [2.05, 4.69) is 0 Å². The third-order valence-electron chi connectivity index (χ3n) is 1.38. The Morgan fingerprint density at radius 2 is 2.30 bits per heavy atom. The number of aliphatic hydroxyl groups excluding tert-OH is 2. The largest absolute Gasteiger partial charge is 0.388 e. The summed E-state index contributed by atoms with van der Waals surface area (Å²) in [6.45, 7) is 2.29. The molecule has 1 aliphatic heterocycles. The lowest BCUT2D eigenvalue weighted by Crippen LogP contribution is -2.24. The molecule has 1 fully saturated rings. The van der Waals surface area contributed by atoms with Crippen molar-refractivity contribution in [3.05, 3.63) is 0 Å². The summed E-state index contributed by atoms with van der Waals surface area (Å²) in [5.41, 5.74) is 0. The second kappa shape index (κ2) is 3.30. The molecule has 4 nitrogen and oxygen atoms in total. The normalized spacial score (nSPS) is 40.5. The Balaban J connectivity index is 2.31. The third-order valence-corrected chi connectivity index (χ3v) is 1.38. The first-order valence-corrected chi connectivity index (χ1v) is 3.37. The minimum absolute atomic E-state index is 0.241. The summed E-state index contributed by atoms with van der Waals surface area (Å²) < 4.78 is 9.75. The van der Waals surface area contributed by atoms with Crippen LogP contribution >= 0.6 is 0 Å². The van der Waals surface area contributed by atoms with Crippen molar-refractivity contribution in [3.8, 4) is 0 Å². The maximum Gasteiger partial charge on any atom is 0.186 e. The number of hydrogen-bond acceptors (Lipinski definition) is 4. The Morgan fingerprint density at radius 1 is 1.60 bits per heavy atom. The van der Waals surface area contributed by atoms with Gasteiger partial charge in [0.15, 0.2) is 12.6 Å². The molecular formula is C6H12O4. The van der Waals surface area contributed by atoms with Crippen molar-refractivity contribution in [3.63, 3.8) is 0 Å². The minimum Gasteiger partial charge on any atom is -0.388 e. The van der Waals surface area contributed by atoms with Gasteiger partial charge in [0, 0.05) is 13.0 Å². The van der Waals surface area contributed by atoms with Crippen LogP contribution in [0.4, 0.5) is 0 Å². The number of aliphatic hydroxyl groups is 2. The van der Waals surface area contributed by atoms with Gasteiger partial charge in [0.1, 0.15) is 6.10 Å². The second-order valence-electron chi connectivity index (χ2n) is 2.22. The first kappa shape index (κ1) is 7.94. The molecule has 0 amide bonds. The van der Waals surface area contributed by atoms with Crippen LogP contribution in [0.5, 0.6) is 0 Å². The zero-order valence-electron chi connectivity index (χ0n) is 5.86. The van der Waals surface area contributed by atoms with Crippen molar-refractivity contribution in [1.29, 1.82) is 0 Å². The standard InChI is InChI=1S/C6H12O4/c1-2-9-6-4(7)3-5(8)10-6/h4-8H,2-3H2,1H3. The van der Waals surface area contributed by atoms with Gasteiger partial charge in [-0.1, -0.05) is 0 Å². The average Bonchev–Trinajstić information content (AvgIpc) is 2.13. The minimum atomic E-state index is -0.869. The molecule has 0 bridgehead atoms. The molecule has 0 aliphatic carbocycles. The number of hydrogen-bond donors (Lipinski definition) is 2. The molecule has 2 N–H and O–H groups in total. The smallest absolute Gasteiger partial charge is 0.186 e. The molecule has 0 aromatic carbocycles. The topological polar surface area (TPSA) is 58.9 Å². The van der Waals surface area contributed by atoms with E-state index in [1.165, 1.54) is 0 Å². The van der Waals surface area contributed by atoms with Crippen molar-refractivity contribution in [2.75, 3.05) is 6.61 Å². The highest BCUT2D eigenvalue weighted by molar-refractivity contribution is 4.69. The fraction of sp³-hybridized carbons (Fsp3) is 1.00. The van der Waals surface area contributed by atoms with Gasteiger partial charge in [-0.2, -0.15) is 0 Å². The van der Waals surface area contributed by atoms with E-state index in [0.29, 0.717) is 6.61 Å². The van der Waals surface area contributed by atoms with E-state index < -0.39 is 18.7 Å². The zero-order chi connectivity index (χ0) is 7.56. The van der Waals surface area contributed by atoms with E-state index in [0.717, 1.165) is 0 Å². The molecule has 10 heavy (non-hydrogen) atoms. The van der Waals surface area contributed by atoms with Crippen molar-refractivity contribution < 1.29 is 19.7 Å². The van der Waals surface area contributed by atoms with Crippen LogP contribution in [0.1, 0.15) is 13.3 Å². The molecule has 0 spiro atoms. The van der Waals surface area contributed by atoms with Gasteiger partial charge in [0.25, 0.3) is 0 Å². The van der Waals surface area contributed by atoms with E-state index >= 15 is 0 Å². The Bertz CT molecular complexity index is 106. The van der Waals surface area contributed by atoms with E-state index in [1.807, 2.05) is 0 Å². The summed E-state index contributed by atoms with van der Waals surface area (Å²) in [6.07, 6.45) is -1.95. The van der Waals surface area contributed by atoms with Gasteiger partial charge in [-0.15, -0.1) is 0 Å². The summed E-state index contributed by atoms with van der Waals surface area (Å²) in [7, 11) is 0. The molecule has 1 aliphatic rings. The van der Waals surface area contributed by atoms with E-state index in [-0.39, 0.29) is 6.42 Å². The van der Waals surface area contributed by atoms with Crippen molar-refractivity contribution in [2.24, 2.45) is 0 Å². The average molecular weight is 148 g/mol. The Labute approximate surface area is 59.4 Å². The molecule has 1 heterocycles. The van der Waals surface area contributed by atoms with Gasteiger partial charge < -0.3 is 19.7 Å². The monoisotopic (exact) mass is 148 g/mol. The maximum absolute atomic E-state index is 9.08. The highest BCUT2D eigenvalue weighted by atomic mass is 16.7. The molecule has 0 aromatic heterocycles. The van der Waals surface area contributed by atoms with Crippen LogP contribution < -0.4 is 0 Å². The third kappa shape index (κ3) is 1.67. The molecule has 1 saturated heterocycles. The molecule has 0 saturated carbocycles. The van der Waals surface area contributed by atoms with Gasteiger partial charge in [-0.25, -0.2) is 0 Å². The van der Waals surface area contributed by atoms with Gasteiger partial charge in [-0.3, -0.25) is 0 Å². The van der Waals surface area contributed by atoms with Crippen molar-refractivity contribution in [2.45, 2.75) is 32.0 Å². The van der Waals surface area contributed by atoms with Crippen LogP contribution in [0.25, 0.3) is 0 Å². The highest BCUT2D eigenvalue weighted by Gasteiger charge is 2.32.